The van der Waals surface area contributed by atoms with Gasteiger partial charge in [-0.25, -0.2) is 4.39 Å². The summed E-state index contributed by atoms with van der Waals surface area (Å²) in [4.78, 5) is 32.5. The summed E-state index contributed by atoms with van der Waals surface area (Å²) in [6.45, 7) is 4.96. The van der Waals surface area contributed by atoms with E-state index < -0.39 is 0 Å². The second-order valence-electron chi connectivity index (χ2n) is 9.15. The number of benzene rings is 1. The van der Waals surface area contributed by atoms with Crippen LogP contribution in [-0.4, -0.2) is 72.5 Å². The summed E-state index contributed by atoms with van der Waals surface area (Å²) < 4.78 is 24.3. The second kappa shape index (κ2) is 12.1. The zero-order chi connectivity index (χ0) is 23.8. The summed E-state index contributed by atoms with van der Waals surface area (Å²) in [5, 5.41) is 0. The number of furan rings is 1. The Balaban J connectivity index is 1.46. The first-order valence-electron chi connectivity index (χ1n) is 12.2. The Morgan fingerprint density at radius 2 is 1.74 bits per heavy atom. The SMILES string of the molecule is O=C(CN(CCN1CCOCC1)C(=O)C1CCCC1)N(Cc1ccc(F)cc1)Cc1ccco1. The molecule has 2 amide bonds. The van der Waals surface area contributed by atoms with Crippen LogP contribution in [0.3, 0.4) is 0 Å². The molecule has 1 aromatic carbocycles. The fourth-order valence-electron chi connectivity index (χ4n) is 4.68. The molecule has 1 aliphatic heterocycles. The first kappa shape index (κ1) is 24.4. The average molecular weight is 472 g/mol. The standard InChI is InChI=1S/C26H34FN3O4/c27-23-9-7-21(8-10-23)18-30(19-24-6-3-15-34-24)25(31)20-29(26(32)22-4-1-2-5-22)12-11-28-13-16-33-17-14-28/h3,6-10,15,22H,1-2,4-5,11-14,16-20H2. The van der Waals surface area contributed by atoms with Crippen molar-refractivity contribution in [3.05, 3.63) is 59.8 Å². The van der Waals surface area contributed by atoms with E-state index in [4.69, 9.17) is 9.15 Å². The van der Waals surface area contributed by atoms with E-state index in [0.29, 0.717) is 32.1 Å². The first-order chi connectivity index (χ1) is 16.6. The fraction of sp³-hybridized carbons (Fsp3) is 0.538. The quantitative estimate of drug-likeness (QED) is 0.532. The molecule has 7 nitrogen and oxygen atoms in total. The number of ether oxygens (including phenoxy) is 1. The second-order valence-corrected chi connectivity index (χ2v) is 9.15. The lowest BCUT2D eigenvalue weighted by molar-refractivity contribution is -0.144. The molecule has 0 bridgehead atoms. The van der Waals surface area contributed by atoms with Crippen LogP contribution in [0.25, 0.3) is 0 Å². The molecule has 4 rings (SSSR count). The van der Waals surface area contributed by atoms with Crippen molar-refractivity contribution in [3.8, 4) is 0 Å². The lowest BCUT2D eigenvalue weighted by Crippen LogP contribution is -2.48. The Kier molecular flexibility index (Phi) is 8.71. The van der Waals surface area contributed by atoms with Gasteiger partial charge in [0, 0.05) is 38.6 Å². The minimum atomic E-state index is -0.316. The Morgan fingerprint density at radius 1 is 1.00 bits per heavy atom. The van der Waals surface area contributed by atoms with Gasteiger partial charge in [-0.05, 0) is 42.7 Å². The van der Waals surface area contributed by atoms with Crippen molar-refractivity contribution in [2.75, 3.05) is 45.9 Å². The third-order valence-electron chi connectivity index (χ3n) is 6.70. The smallest absolute Gasteiger partial charge is 0.242 e. The summed E-state index contributed by atoms with van der Waals surface area (Å²) in [5.41, 5.74) is 0.822. The van der Waals surface area contributed by atoms with Crippen LogP contribution in [0.15, 0.2) is 47.1 Å². The minimum absolute atomic E-state index is 0.00751. The van der Waals surface area contributed by atoms with Crippen molar-refractivity contribution in [2.24, 2.45) is 5.92 Å². The van der Waals surface area contributed by atoms with E-state index in [9.17, 15) is 14.0 Å². The molecule has 2 heterocycles. The van der Waals surface area contributed by atoms with E-state index in [1.165, 1.54) is 12.1 Å². The maximum Gasteiger partial charge on any atom is 0.242 e. The predicted octanol–water partition coefficient (Wildman–Crippen LogP) is 3.30. The van der Waals surface area contributed by atoms with Crippen LogP contribution in [0.4, 0.5) is 4.39 Å². The average Bonchev–Trinajstić information content (AvgIpc) is 3.57. The molecule has 8 heteroatoms. The van der Waals surface area contributed by atoms with Gasteiger partial charge in [0.25, 0.3) is 0 Å². The molecular formula is C26H34FN3O4. The number of halogens is 1. The molecule has 0 radical (unpaired) electrons. The van der Waals surface area contributed by atoms with Crippen molar-refractivity contribution in [1.82, 2.24) is 14.7 Å². The fourth-order valence-corrected chi connectivity index (χ4v) is 4.68. The van der Waals surface area contributed by atoms with E-state index in [0.717, 1.165) is 50.9 Å². The lowest BCUT2D eigenvalue weighted by Gasteiger charge is -2.32. The van der Waals surface area contributed by atoms with Crippen molar-refractivity contribution >= 4 is 11.8 Å². The van der Waals surface area contributed by atoms with Gasteiger partial charge in [0.1, 0.15) is 11.6 Å². The number of hydrogen-bond acceptors (Lipinski definition) is 5. The maximum atomic E-state index is 13.5. The number of hydrogen-bond donors (Lipinski definition) is 0. The first-order valence-corrected chi connectivity index (χ1v) is 12.2. The molecule has 2 aromatic rings. The number of morpholine rings is 1. The number of carbonyl (C=O) groups is 2. The Morgan fingerprint density at radius 3 is 2.41 bits per heavy atom. The van der Waals surface area contributed by atoms with E-state index in [-0.39, 0.29) is 36.6 Å². The van der Waals surface area contributed by atoms with Gasteiger partial charge in [0.05, 0.1) is 32.6 Å². The van der Waals surface area contributed by atoms with Crippen molar-refractivity contribution in [1.29, 1.82) is 0 Å². The highest BCUT2D eigenvalue weighted by Gasteiger charge is 2.30. The van der Waals surface area contributed by atoms with Gasteiger partial charge < -0.3 is 19.0 Å². The Hall–Kier alpha value is -2.71. The number of nitrogens with zero attached hydrogens (tertiary/aromatic N) is 3. The molecule has 34 heavy (non-hydrogen) atoms. The third-order valence-corrected chi connectivity index (χ3v) is 6.70. The van der Waals surface area contributed by atoms with Gasteiger partial charge in [-0.2, -0.15) is 0 Å². The van der Waals surface area contributed by atoms with Gasteiger partial charge in [-0.15, -0.1) is 0 Å². The van der Waals surface area contributed by atoms with E-state index >= 15 is 0 Å². The molecule has 184 valence electrons. The molecule has 1 aliphatic carbocycles. The Labute approximate surface area is 200 Å². The van der Waals surface area contributed by atoms with Crippen LogP contribution >= 0.6 is 0 Å². The summed E-state index contributed by atoms with van der Waals surface area (Å²) in [6.07, 6.45) is 5.50. The molecule has 0 unspecified atom stereocenters. The van der Waals surface area contributed by atoms with Crippen molar-refractivity contribution < 1.29 is 23.1 Å². The number of carbonyl (C=O) groups excluding carboxylic acids is 2. The summed E-state index contributed by atoms with van der Waals surface area (Å²) in [5.74, 6) is 0.294. The molecule has 2 fully saturated rings. The van der Waals surface area contributed by atoms with Crippen LogP contribution in [0.1, 0.15) is 37.0 Å². The highest BCUT2D eigenvalue weighted by molar-refractivity contribution is 5.86. The lowest BCUT2D eigenvalue weighted by atomic mass is 10.1. The number of amides is 2. The van der Waals surface area contributed by atoms with Crippen LogP contribution in [0.2, 0.25) is 0 Å². The molecule has 1 saturated carbocycles. The normalized spacial score (nSPS) is 17.1. The molecule has 1 saturated heterocycles. The third kappa shape index (κ3) is 6.90. The van der Waals surface area contributed by atoms with Crippen LogP contribution in [0.5, 0.6) is 0 Å². The molecule has 2 aliphatic rings. The molecule has 0 N–H and O–H groups in total. The van der Waals surface area contributed by atoms with Crippen LogP contribution in [0, 0.1) is 11.7 Å². The monoisotopic (exact) mass is 471 g/mol. The summed E-state index contributed by atoms with van der Waals surface area (Å²) in [7, 11) is 0. The minimum Gasteiger partial charge on any atom is -0.467 e. The zero-order valence-electron chi connectivity index (χ0n) is 19.7. The summed E-state index contributed by atoms with van der Waals surface area (Å²) in [6, 6.07) is 9.75. The van der Waals surface area contributed by atoms with Gasteiger partial charge in [0.15, 0.2) is 0 Å². The van der Waals surface area contributed by atoms with Crippen LogP contribution < -0.4 is 0 Å². The largest absolute Gasteiger partial charge is 0.467 e. The van der Waals surface area contributed by atoms with Gasteiger partial charge >= 0.3 is 0 Å². The molecule has 0 spiro atoms. The highest BCUT2D eigenvalue weighted by atomic mass is 19.1. The van der Waals surface area contributed by atoms with Gasteiger partial charge in [0.2, 0.25) is 11.8 Å². The zero-order valence-corrected chi connectivity index (χ0v) is 19.7. The van der Waals surface area contributed by atoms with Gasteiger partial charge in [-0.3, -0.25) is 14.5 Å². The highest BCUT2D eigenvalue weighted by Crippen LogP contribution is 2.26. The van der Waals surface area contributed by atoms with Crippen molar-refractivity contribution in [2.45, 2.75) is 38.8 Å². The van der Waals surface area contributed by atoms with E-state index in [1.807, 2.05) is 6.07 Å². The predicted molar refractivity (Wildman–Crippen MR) is 125 cm³/mol. The van der Waals surface area contributed by atoms with Gasteiger partial charge in [-0.1, -0.05) is 25.0 Å². The Bertz CT molecular complexity index is 907. The van der Waals surface area contributed by atoms with E-state index in [2.05, 4.69) is 4.90 Å². The van der Waals surface area contributed by atoms with E-state index in [1.54, 1.807) is 34.3 Å². The molecule has 0 atom stereocenters. The molecule has 1 aromatic heterocycles. The molecular weight excluding hydrogens is 437 g/mol. The number of rotatable bonds is 10. The topological polar surface area (TPSA) is 66.2 Å². The van der Waals surface area contributed by atoms with Crippen LogP contribution in [-0.2, 0) is 27.4 Å². The van der Waals surface area contributed by atoms with Crippen molar-refractivity contribution in [3.63, 3.8) is 0 Å². The maximum absolute atomic E-state index is 13.5. The summed E-state index contributed by atoms with van der Waals surface area (Å²) >= 11 is 0.